The monoisotopic (exact) mass is 317 g/mol. The topological polar surface area (TPSA) is 39.2 Å². The molecule has 108 valence electrons. The highest BCUT2D eigenvalue weighted by Crippen LogP contribution is 2.29. The van der Waals surface area contributed by atoms with Crippen molar-refractivity contribution in [1.82, 2.24) is 0 Å². The molecule has 3 aromatic rings. The summed E-state index contributed by atoms with van der Waals surface area (Å²) in [5.41, 5.74) is 8.31. The largest absolute Gasteiger partial charge is 0.459 e. The SMILES string of the molecule is Cc1cccc2cc(C(N)CSc3cccc(Cl)c3)oc12. The number of rotatable bonds is 4. The Morgan fingerprint density at radius 1 is 1.19 bits per heavy atom. The van der Waals surface area contributed by atoms with E-state index in [1.165, 1.54) is 0 Å². The van der Waals surface area contributed by atoms with Crippen molar-refractivity contribution in [2.45, 2.75) is 17.9 Å². The highest BCUT2D eigenvalue weighted by Gasteiger charge is 2.13. The van der Waals surface area contributed by atoms with E-state index in [2.05, 4.69) is 0 Å². The zero-order valence-electron chi connectivity index (χ0n) is 11.7. The lowest BCUT2D eigenvalue weighted by molar-refractivity contribution is 0.514. The van der Waals surface area contributed by atoms with Crippen molar-refractivity contribution in [3.8, 4) is 0 Å². The van der Waals surface area contributed by atoms with Gasteiger partial charge in [0.15, 0.2) is 0 Å². The van der Waals surface area contributed by atoms with Crippen LogP contribution in [0.5, 0.6) is 0 Å². The second-order valence-electron chi connectivity index (χ2n) is 5.02. The fourth-order valence-electron chi connectivity index (χ4n) is 2.24. The van der Waals surface area contributed by atoms with Crippen molar-refractivity contribution < 1.29 is 4.42 Å². The molecule has 0 aliphatic heterocycles. The lowest BCUT2D eigenvalue weighted by Gasteiger charge is -2.08. The van der Waals surface area contributed by atoms with Gasteiger partial charge in [-0.1, -0.05) is 35.9 Å². The Hall–Kier alpha value is -1.42. The Kier molecular flexibility index (Phi) is 4.24. The first-order chi connectivity index (χ1) is 10.1. The van der Waals surface area contributed by atoms with Crippen LogP contribution in [-0.4, -0.2) is 5.75 Å². The molecule has 2 nitrogen and oxygen atoms in total. The standard InChI is InChI=1S/C17H16ClNOS/c1-11-4-2-5-12-8-16(20-17(11)12)15(19)10-21-14-7-3-6-13(18)9-14/h2-9,15H,10,19H2,1H3. The summed E-state index contributed by atoms with van der Waals surface area (Å²) in [4.78, 5) is 1.12. The molecule has 1 heterocycles. The third-order valence-corrected chi connectivity index (χ3v) is 4.70. The number of hydrogen-bond acceptors (Lipinski definition) is 3. The third kappa shape index (κ3) is 3.26. The normalized spacial score (nSPS) is 12.7. The minimum Gasteiger partial charge on any atom is -0.459 e. The molecule has 0 radical (unpaired) electrons. The van der Waals surface area contributed by atoms with Crippen LogP contribution in [0.2, 0.25) is 5.02 Å². The highest BCUT2D eigenvalue weighted by atomic mass is 35.5. The van der Waals surface area contributed by atoms with E-state index < -0.39 is 0 Å². The van der Waals surface area contributed by atoms with Gasteiger partial charge in [0.1, 0.15) is 11.3 Å². The molecule has 21 heavy (non-hydrogen) atoms. The van der Waals surface area contributed by atoms with Crippen LogP contribution in [0.15, 0.2) is 57.8 Å². The first kappa shape index (κ1) is 14.5. The first-order valence-corrected chi connectivity index (χ1v) is 8.13. The Bertz CT molecular complexity index is 768. The predicted octanol–water partition coefficient (Wildman–Crippen LogP) is 5.19. The molecule has 0 amide bonds. The van der Waals surface area contributed by atoms with Gasteiger partial charge in [-0.25, -0.2) is 0 Å². The van der Waals surface area contributed by atoms with E-state index in [9.17, 15) is 0 Å². The molecule has 2 N–H and O–H groups in total. The first-order valence-electron chi connectivity index (χ1n) is 6.76. The molecular weight excluding hydrogens is 302 g/mol. The van der Waals surface area contributed by atoms with Crippen LogP contribution >= 0.6 is 23.4 Å². The van der Waals surface area contributed by atoms with Gasteiger partial charge in [-0.2, -0.15) is 0 Å². The number of para-hydroxylation sites is 1. The van der Waals surface area contributed by atoms with Gasteiger partial charge in [0.05, 0.1) is 6.04 Å². The molecule has 0 saturated carbocycles. The molecule has 0 aliphatic carbocycles. The molecule has 0 saturated heterocycles. The van der Waals surface area contributed by atoms with Crippen molar-refractivity contribution in [1.29, 1.82) is 0 Å². The van der Waals surface area contributed by atoms with Gasteiger partial charge in [-0.05, 0) is 36.8 Å². The van der Waals surface area contributed by atoms with Crippen molar-refractivity contribution in [2.24, 2.45) is 5.73 Å². The molecule has 1 atom stereocenters. The van der Waals surface area contributed by atoms with E-state index in [1.807, 2.05) is 55.5 Å². The van der Waals surface area contributed by atoms with Crippen molar-refractivity contribution in [3.05, 3.63) is 64.9 Å². The molecular formula is C17H16ClNOS. The Morgan fingerprint density at radius 2 is 2.00 bits per heavy atom. The van der Waals surface area contributed by atoms with Crippen LogP contribution in [0.25, 0.3) is 11.0 Å². The maximum Gasteiger partial charge on any atom is 0.137 e. The van der Waals surface area contributed by atoms with E-state index in [0.717, 1.165) is 38.0 Å². The quantitative estimate of drug-likeness (QED) is 0.673. The van der Waals surface area contributed by atoms with Crippen LogP contribution in [0.3, 0.4) is 0 Å². The van der Waals surface area contributed by atoms with Gasteiger partial charge in [0.2, 0.25) is 0 Å². The summed E-state index contributed by atoms with van der Waals surface area (Å²) in [6, 6.07) is 15.8. The number of fused-ring (bicyclic) bond motifs is 1. The number of thioether (sulfide) groups is 1. The fourth-order valence-corrected chi connectivity index (χ4v) is 3.41. The van der Waals surface area contributed by atoms with Crippen molar-refractivity contribution in [2.75, 3.05) is 5.75 Å². The Balaban J connectivity index is 1.75. The highest BCUT2D eigenvalue weighted by molar-refractivity contribution is 7.99. The molecule has 3 rings (SSSR count). The summed E-state index contributed by atoms with van der Waals surface area (Å²) in [6.45, 7) is 2.04. The minimum absolute atomic E-state index is 0.138. The zero-order valence-corrected chi connectivity index (χ0v) is 13.2. The van der Waals surface area contributed by atoms with E-state index in [-0.39, 0.29) is 6.04 Å². The molecule has 0 fully saturated rings. The van der Waals surface area contributed by atoms with Crippen molar-refractivity contribution >= 4 is 34.3 Å². The molecule has 0 aliphatic rings. The van der Waals surface area contributed by atoms with Gasteiger partial charge >= 0.3 is 0 Å². The van der Waals surface area contributed by atoms with Crippen LogP contribution in [0.1, 0.15) is 17.4 Å². The van der Waals surface area contributed by atoms with Gasteiger partial charge in [-0.3, -0.25) is 0 Å². The lowest BCUT2D eigenvalue weighted by atomic mass is 10.1. The summed E-state index contributed by atoms with van der Waals surface area (Å²) < 4.78 is 5.91. The number of aryl methyl sites for hydroxylation is 1. The van der Waals surface area contributed by atoms with E-state index >= 15 is 0 Å². The number of halogens is 1. The van der Waals surface area contributed by atoms with Gasteiger partial charge in [0.25, 0.3) is 0 Å². The molecule has 0 bridgehead atoms. The number of hydrogen-bond donors (Lipinski definition) is 1. The maximum atomic E-state index is 6.25. The molecule has 1 aromatic heterocycles. The van der Waals surface area contributed by atoms with Crippen LogP contribution in [0.4, 0.5) is 0 Å². The smallest absolute Gasteiger partial charge is 0.137 e. The Labute approximate surface area is 133 Å². The maximum absolute atomic E-state index is 6.25. The lowest BCUT2D eigenvalue weighted by Crippen LogP contribution is -2.11. The predicted molar refractivity (Wildman–Crippen MR) is 90.1 cm³/mol. The second-order valence-corrected chi connectivity index (χ2v) is 6.55. The van der Waals surface area contributed by atoms with E-state index in [0.29, 0.717) is 0 Å². The summed E-state index contributed by atoms with van der Waals surface area (Å²) in [5, 5.41) is 1.85. The molecule has 4 heteroatoms. The van der Waals surface area contributed by atoms with Gasteiger partial charge in [0, 0.05) is 21.1 Å². The fraction of sp³-hybridized carbons (Fsp3) is 0.176. The van der Waals surface area contributed by atoms with Crippen LogP contribution in [0, 0.1) is 6.92 Å². The number of benzene rings is 2. The number of furan rings is 1. The average molecular weight is 318 g/mol. The van der Waals surface area contributed by atoms with Crippen LogP contribution in [-0.2, 0) is 0 Å². The summed E-state index contributed by atoms with van der Waals surface area (Å²) in [5.74, 6) is 1.58. The summed E-state index contributed by atoms with van der Waals surface area (Å²) in [6.07, 6.45) is 0. The minimum atomic E-state index is -0.138. The van der Waals surface area contributed by atoms with Gasteiger partial charge in [-0.15, -0.1) is 11.8 Å². The molecule has 2 aromatic carbocycles. The Morgan fingerprint density at radius 3 is 2.76 bits per heavy atom. The average Bonchev–Trinajstić information content (AvgIpc) is 2.90. The molecule has 0 spiro atoms. The summed E-state index contributed by atoms with van der Waals surface area (Å²) >= 11 is 7.67. The van der Waals surface area contributed by atoms with E-state index in [1.54, 1.807) is 11.8 Å². The van der Waals surface area contributed by atoms with Gasteiger partial charge < -0.3 is 10.2 Å². The summed E-state index contributed by atoms with van der Waals surface area (Å²) in [7, 11) is 0. The van der Waals surface area contributed by atoms with Crippen molar-refractivity contribution in [3.63, 3.8) is 0 Å². The number of nitrogens with two attached hydrogens (primary N) is 1. The second kappa shape index (κ2) is 6.14. The third-order valence-electron chi connectivity index (χ3n) is 3.35. The molecule has 1 unspecified atom stereocenters. The van der Waals surface area contributed by atoms with E-state index in [4.69, 9.17) is 21.8 Å². The zero-order chi connectivity index (χ0) is 14.8. The van der Waals surface area contributed by atoms with Crippen LogP contribution < -0.4 is 5.73 Å².